The molecule has 0 spiro atoms. The van der Waals surface area contributed by atoms with Crippen molar-refractivity contribution in [2.75, 3.05) is 0 Å². The van der Waals surface area contributed by atoms with Crippen molar-refractivity contribution < 1.29 is 9.59 Å². The molecule has 0 bridgehead atoms. The highest BCUT2D eigenvalue weighted by Gasteiger charge is 2.37. The van der Waals surface area contributed by atoms with Gasteiger partial charge in [-0.3, -0.25) is 9.59 Å². The molecule has 0 heterocycles. The number of carbonyl (C=O) groups is 2. The minimum atomic E-state index is -0.131. The normalized spacial score (nSPS) is 12.2. The first kappa shape index (κ1) is 25.8. The minimum absolute atomic E-state index is 0.131. The fraction of sp³-hybridized carbons (Fsp3) is 0. The van der Waals surface area contributed by atoms with E-state index in [1.165, 1.54) is 0 Å². The van der Waals surface area contributed by atoms with Crippen LogP contribution in [0.1, 0.15) is 31.8 Å². The lowest BCUT2D eigenvalue weighted by atomic mass is 9.73. The van der Waals surface area contributed by atoms with Crippen molar-refractivity contribution in [2.45, 2.75) is 0 Å². The highest BCUT2D eigenvalue weighted by atomic mass is 16.1. The first-order valence-electron chi connectivity index (χ1n) is 14.8. The number of fused-ring (bicyclic) bond motifs is 3. The summed E-state index contributed by atoms with van der Waals surface area (Å²) in [5.74, 6) is -0.263. The number of benzene rings is 7. The quantitative estimate of drug-likeness (QED) is 0.214. The molecule has 0 saturated carbocycles. The van der Waals surface area contributed by atoms with Crippen molar-refractivity contribution in [1.29, 1.82) is 0 Å². The SMILES string of the molecule is O=C1c2cc(-c3ccccc3)c(-c3ccccc3)cc2C(=O)c2c1c(-c1ccccc1)c1ccccc1c2-c1ccccc1. The van der Waals surface area contributed by atoms with Crippen LogP contribution in [0.2, 0.25) is 0 Å². The fourth-order valence-electron chi connectivity index (χ4n) is 6.66. The van der Waals surface area contributed by atoms with Crippen LogP contribution in [-0.2, 0) is 0 Å². The van der Waals surface area contributed by atoms with Crippen molar-refractivity contribution in [2.24, 2.45) is 0 Å². The Bertz CT molecular complexity index is 2060. The molecule has 8 rings (SSSR count). The highest BCUT2D eigenvalue weighted by Crippen LogP contribution is 2.47. The Balaban J connectivity index is 1.51. The van der Waals surface area contributed by atoms with E-state index in [4.69, 9.17) is 0 Å². The lowest BCUT2D eigenvalue weighted by Crippen LogP contribution is -2.23. The third-order valence-corrected chi connectivity index (χ3v) is 8.61. The van der Waals surface area contributed by atoms with Gasteiger partial charge >= 0.3 is 0 Å². The topological polar surface area (TPSA) is 34.1 Å². The second-order valence-electron chi connectivity index (χ2n) is 11.1. The highest BCUT2D eigenvalue weighted by molar-refractivity contribution is 6.36. The van der Waals surface area contributed by atoms with Crippen LogP contribution in [0.25, 0.3) is 55.3 Å². The number of hydrogen-bond donors (Lipinski definition) is 0. The van der Waals surface area contributed by atoms with Crippen molar-refractivity contribution in [3.8, 4) is 44.5 Å². The summed E-state index contributed by atoms with van der Waals surface area (Å²) >= 11 is 0. The Morgan fingerprint density at radius 3 is 0.909 bits per heavy atom. The Kier molecular flexibility index (Phi) is 6.13. The first-order chi connectivity index (χ1) is 21.7. The van der Waals surface area contributed by atoms with Gasteiger partial charge in [0.05, 0.1) is 0 Å². The molecule has 7 aromatic rings. The second kappa shape index (κ2) is 10.4. The third kappa shape index (κ3) is 4.04. The second-order valence-corrected chi connectivity index (χ2v) is 11.1. The summed E-state index contributed by atoms with van der Waals surface area (Å²) in [6, 6.07) is 52.1. The molecule has 7 aromatic carbocycles. The van der Waals surface area contributed by atoms with Gasteiger partial charge in [0, 0.05) is 33.4 Å². The lowest BCUT2D eigenvalue weighted by molar-refractivity contribution is 0.0980. The van der Waals surface area contributed by atoms with Crippen LogP contribution in [0.15, 0.2) is 158 Å². The van der Waals surface area contributed by atoms with Crippen LogP contribution < -0.4 is 0 Å². The van der Waals surface area contributed by atoms with Gasteiger partial charge in [-0.15, -0.1) is 0 Å². The molecule has 0 unspecified atom stereocenters. The minimum Gasteiger partial charge on any atom is -0.289 e. The summed E-state index contributed by atoms with van der Waals surface area (Å²) in [5.41, 5.74) is 9.06. The molecule has 0 fully saturated rings. The van der Waals surface area contributed by atoms with Gasteiger partial charge in [0.1, 0.15) is 0 Å². The molecular formula is C42H26O2. The predicted octanol–water partition coefficient (Wildman–Crippen LogP) is 10.3. The summed E-state index contributed by atoms with van der Waals surface area (Å²) in [6.07, 6.45) is 0. The van der Waals surface area contributed by atoms with E-state index in [0.717, 1.165) is 55.3 Å². The largest absolute Gasteiger partial charge is 0.289 e. The Hall–Kier alpha value is -5.86. The van der Waals surface area contributed by atoms with E-state index >= 15 is 0 Å². The van der Waals surface area contributed by atoms with Crippen LogP contribution in [0, 0.1) is 0 Å². The fourth-order valence-corrected chi connectivity index (χ4v) is 6.66. The molecule has 0 atom stereocenters. The average molecular weight is 563 g/mol. The van der Waals surface area contributed by atoms with Crippen LogP contribution in [0.3, 0.4) is 0 Å². The third-order valence-electron chi connectivity index (χ3n) is 8.61. The van der Waals surface area contributed by atoms with E-state index in [1.54, 1.807) is 0 Å². The molecule has 0 N–H and O–H groups in total. The number of carbonyl (C=O) groups excluding carboxylic acids is 2. The van der Waals surface area contributed by atoms with Gasteiger partial charge < -0.3 is 0 Å². The van der Waals surface area contributed by atoms with Gasteiger partial charge in [-0.25, -0.2) is 0 Å². The predicted molar refractivity (Wildman–Crippen MR) is 179 cm³/mol. The van der Waals surface area contributed by atoms with Gasteiger partial charge in [0.25, 0.3) is 0 Å². The molecule has 1 aliphatic carbocycles. The van der Waals surface area contributed by atoms with Crippen molar-refractivity contribution in [1.82, 2.24) is 0 Å². The molecule has 0 amide bonds. The number of ketones is 2. The molecule has 0 saturated heterocycles. The molecule has 1 aliphatic rings. The molecule has 0 radical (unpaired) electrons. The zero-order chi connectivity index (χ0) is 29.6. The molecule has 0 aliphatic heterocycles. The average Bonchev–Trinajstić information content (AvgIpc) is 3.10. The maximum atomic E-state index is 15.0. The smallest absolute Gasteiger partial charge is 0.195 e. The van der Waals surface area contributed by atoms with Crippen LogP contribution in [0.5, 0.6) is 0 Å². The van der Waals surface area contributed by atoms with Crippen LogP contribution in [-0.4, -0.2) is 11.6 Å². The van der Waals surface area contributed by atoms with E-state index in [2.05, 4.69) is 12.1 Å². The van der Waals surface area contributed by atoms with Gasteiger partial charge in [-0.1, -0.05) is 146 Å². The van der Waals surface area contributed by atoms with Crippen LogP contribution >= 0.6 is 0 Å². The molecule has 0 aromatic heterocycles. The summed E-state index contributed by atoms with van der Waals surface area (Å²) in [6.45, 7) is 0. The first-order valence-corrected chi connectivity index (χ1v) is 14.8. The monoisotopic (exact) mass is 562 g/mol. The zero-order valence-corrected chi connectivity index (χ0v) is 23.8. The Morgan fingerprint density at radius 2 is 0.568 bits per heavy atom. The standard InChI is InChI=1S/C42H26O2/c43-41-35-25-33(27-15-5-1-6-16-27)34(28-17-7-2-8-18-28)26-36(35)42(44)40-38(30-21-11-4-12-22-30)32-24-14-13-23-31(32)37(39(40)41)29-19-9-3-10-20-29/h1-26H. The number of rotatable bonds is 4. The van der Waals surface area contributed by atoms with Crippen LogP contribution in [0.4, 0.5) is 0 Å². The lowest BCUT2D eigenvalue weighted by Gasteiger charge is -2.27. The van der Waals surface area contributed by atoms with E-state index in [1.807, 2.05) is 146 Å². The van der Waals surface area contributed by atoms with E-state index in [-0.39, 0.29) is 11.6 Å². The maximum absolute atomic E-state index is 15.0. The van der Waals surface area contributed by atoms with E-state index < -0.39 is 0 Å². The molecule has 2 nitrogen and oxygen atoms in total. The van der Waals surface area contributed by atoms with Gasteiger partial charge in [-0.2, -0.15) is 0 Å². The summed E-state index contributed by atoms with van der Waals surface area (Å²) in [7, 11) is 0. The maximum Gasteiger partial charge on any atom is 0.195 e. The van der Waals surface area contributed by atoms with E-state index in [0.29, 0.717) is 22.3 Å². The summed E-state index contributed by atoms with van der Waals surface area (Å²) in [4.78, 5) is 29.9. The number of hydrogen-bond acceptors (Lipinski definition) is 2. The molecule has 206 valence electrons. The Morgan fingerprint density at radius 1 is 0.273 bits per heavy atom. The molecule has 44 heavy (non-hydrogen) atoms. The zero-order valence-electron chi connectivity index (χ0n) is 23.8. The van der Waals surface area contributed by atoms with Crippen molar-refractivity contribution in [3.63, 3.8) is 0 Å². The molecule has 2 heteroatoms. The van der Waals surface area contributed by atoms with E-state index in [9.17, 15) is 9.59 Å². The van der Waals surface area contributed by atoms with Crippen molar-refractivity contribution >= 4 is 22.3 Å². The summed E-state index contributed by atoms with van der Waals surface area (Å²) < 4.78 is 0. The van der Waals surface area contributed by atoms with Gasteiger partial charge in [0.2, 0.25) is 0 Å². The Labute approximate surface area is 255 Å². The summed E-state index contributed by atoms with van der Waals surface area (Å²) in [5, 5.41) is 1.90. The van der Waals surface area contributed by atoms with Gasteiger partial charge in [-0.05, 0) is 56.3 Å². The molecular weight excluding hydrogens is 536 g/mol. The van der Waals surface area contributed by atoms with Gasteiger partial charge in [0.15, 0.2) is 11.6 Å². The van der Waals surface area contributed by atoms with Crippen molar-refractivity contribution in [3.05, 3.63) is 180 Å².